The molecule has 0 aromatic rings. The first-order valence-electron chi connectivity index (χ1n) is 7.14. The quantitative estimate of drug-likeness (QED) is 0.749. The van der Waals surface area contributed by atoms with E-state index in [1.165, 1.54) is 32.1 Å². The molecular weight excluding hydrogens is 212 g/mol. The molecule has 1 aliphatic rings. The van der Waals surface area contributed by atoms with Gasteiger partial charge < -0.3 is 10.6 Å². The van der Waals surface area contributed by atoms with E-state index >= 15 is 0 Å². The van der Waals surface area contributed by atoms with Gasteiger partial charge in [0.05, 0.1) is 0 Å². The molecule has 0 heterocycles. The second kappa shape index (κ2) is 7.70. The molecule has 3 nitrogen and oxygen atoms in total. The summed E-state index contributed by atoms with van der Waals surface area (Å²) < 4.78 is 0. The molecule has 1 amide bonds. The summed E-state index contributed by atoms with van der Waals surface area (Å²) in [5, 5.41) is 6.43. The molecule has 0 aromatic carbocycles. The van der Waals surface area contributed by atoms with Crippen molar-refractivity contribution in [3.63, 3.8) is 0 Å². The lowest BCUT2D eigenvalue weighted by molar-refractivity contribution is -0.121. The Kier molecular flexibility index (Phi) is 6.56. The maximum absolute atomic E-state index is 11.4. The van der Waals surface area contributed by atoms with Crippen LogP contribution in [-0.4, -0.2) is 24.5 Å². The van der Waals surface area contributed by atoms with Gasteiger partial charge in [-0.1, -0.05) is 13.3 Å². The van der Waals surface area contributed by atoms with Crippen LogP contribution in [0.15, 0.2) is 0 Å². The highest BCUT2D eigenvalue weighted by Gasteiger charge is 2.19. The third-order valence-corrected chi connectivity index (χ3v) is 3.66. The number of hydrogen-bond acceptors (Lipinski definition) is 2. The van der Waals surface area contributed by atoms with Crippen molar-refractivity contribution in [2.24, 2.45) is 5.92 Å². The van der Waals surface area contributed by atoms with Gasteiger partial charge in [0.15, 0.2) is 0 Å². The normalized spacial score (nSPS) is 24.9. The fraction of sp³-hybridized carbons (Fsp3) is 0.929. The lowest BCUT2D eigenvalue weighted by Gasteiger charge is -2.28. The van der Waals surface area contributed by atoms with E-state index in [0.717, 1.165) is 12.5 Å². The highest BCUT2D eigenvalue weighted by Crippen LogP contribution is 2.26. The van der Waals surface area contributed by atoms with Crippen molar-refractivity contribution >= 4 is 5.91 Å². The molecule has 17 heavy (non-hydrogen) atoms. The summed E-state index contributed by atoms with van der Waals surface area (Å²) in [6.45, 7) is 7.10. The molecular formula is C14H28N2O. The smallest absolute Gasteiger partial charge is 0.221 e. The molecule has 1 rings (SSSR count). The van der Waals surface area contributed by atoms with E-state index in [9.17, 15) is 4.79 Å². The van der Waals surface area contributed by atoms with Gasteiger partial charge >= 0.3 is 0 Å². The van der Waals surface area contributed by atoms with Crippen molar-refractivity contribution in [3.05, 3.63) is 0 Å². The number of carbonyl (C=O) groups excluding carboxylic acids is 1. The fourth-order valence-corrected chi connectivity index (χ4v) is 2.56. The van der Waals surface area contributed by atoms with Crippen LogP contribution in [0.2, 0.25) is 0 Å². The summed E-state index contributed by atoms with van der Waals surface area (Å²) in [4.78, 5) is 11.4. The minimum atomic E-state index is 0.162. The molecule has 1 saturated carbocycles. The van der Waals surface area contributed by atoms with E-state index in [4.69, 9.17) is 0 Å². The molecule has 2 N–H and O–H groups in total. The van der Waals surface area contributed by atoms with Crippen LogP contribution in [0.3, 0.4) is 0 Å². The Morgan fingerprint density at radius 1 is 1.24 bits per heavy atom. The zero-order valence-electron chi connectivity index (χ0n) is 11.6. The van der Waals surface area contributed by atoms with E-state index < -0.39 is 0 Å². The maximum atomic E-state index is 11.4. The van der Waals surface area contributed by atoms with Gasteiger partial charge in [0, 0.05) is 25.0 Å². The zero-order chi connectivity index (χ0) is 12.7. The Morgan fingerprint density at radius 2 is 1.88 bits per heavy atom. The summed E-state index contributed by atoms with van der Waals surface area (Å²) >= 11 is 0. The molecule has 100 valence electrons. The molecule has 1 fully saturated rings. The minimum absolute atomic E-state index is 0.162. The van der Waals surface area contributed by atoms with E-state index in [1.807, 2.05) is 13.8 Å². The van der Waals surface area contributed by atoms with E-state index in [1.54, 1.807) is 0 Å². The number of nitrogens with one attached hydrogen (secondary N) is 2. The van der Waals surface area contributed by atoms with Gasteiger partial charge in [-0.2, -0.15) is 0 Å². The highest BCUT2D eigenvalue weighted by molar-refractivity contribution is 5.76. The van der Waals surface area contributed by atoms with Crippen molar-refractivity contribution in [1.29, 1.82) is 0 Å². The monoisotopic (exact) mass is 240 g/mol. The second-order valence-electron chi connectivity index (χ2n) is 5.55. The van der Waals surface area contributed by atoms with Crippen molar-refractivity contribution in [2.75, 3.05) is 6.54 Å². The van der Waals surface area contributed by atoms with Gasteiger partial charge in [-0.25, -0.2) is 0 Å². The number of rotatable bonds is 6. The molecule has 0 aliphatic heterocycles. The van der Waals surface area contributed by atoms with Crippen LogP contribution in [-0.2, 0) is 4.79 Å². The Morgan fingerprint density at radius 3 is 2.41 bits per heavy atom. The van der Waals surface area contributed by atoms with Crippen LogP contribution < -0.4 is 10.6 Å². The van der Waals surface area contributed by atoms with Gasteiger partial charge in [0.1, 0.15) is 0 Å². The Balaban J connectivity index is 2.05. The van der Waals surface area contributed by atoms with Gasteiger partial charge in [0.2, 0.25) is 5.91 Å². The Hall–Kier alpha value is -0.570. The van der Waals surface area contributed by atoms with E-state index in [-0.39, 0.29) is 11.9 Å². The fourth-order valence-electron chi connectivity index (χ4n) is 2.56. The molecule has 0 bridgehead atoms. The predicted octanol–water partition coefficient (Wildman–Crippen LogP) is 2.46. The van der Waals surface area contributed by atoms with Crippen LogP contribution in [0.4, 0.5) is 0 Å². The SMILES string of the molecule is CCC1CCC(NCCC(=O)NC(C)C)CC1. The van der Waals surface area contributed by atoms with Crippen molar-refractivity contribution in [2.45, 2.75) is 71.4 Å². The largest absolute Gasteiger partial charge is 0.354 e. The van der Waals surface area contributed by atoms with E-state index in [0.29, 0.717) is 12.5 Å². The maximum Gasteiger partial charge on any atom is 0.221 e. The van der Waals surface area contributed by atoms with E-state index in [2.05, 4.69) is 17.6 Å². The van der Waals surface area contributed by atoms with Crippen LogP contribution in [0.1, 0.15) is 59.3 Å². The number of amides is 1. The Labute approximate surface area is 106 Å². The summed E-state index contributed by atoms with van der Waals surface area (Å²) in [6, 6.07) is 0.896. The standard InChI is InChI=1S/C14H28N2O/c1-4-12-5-7-13(8-6-12)15-10-9-14(17)16-11(2)3/h11-13,15H,4-10H2,1-3H3,(H,16,17). The average Bonchev–Trinajstić information content (AvgIpc) is 2.29. The molecule has 0 atom stereocenters. The van der Waals surface area contributed by atoms with Gasteiger partial charge in [-0.3, -0.25) is 4.79 Å². The first kappa shape index (κ1) is 14.5. The van der Waals surface area contributed by atoms with Gasteiger partial charge in [-0.05, 0) is 45.4 Å². The summed E-state index contributed by atoms with van der Waals surface area (Å²) in [5.74, 6) is 1.10. The first-order chi connectivity index (χ1) is 8.11. The zero-order valence-corrected chi connectivity index (χ0v) is 11.6. The second-order valence-corrected chi connectivity index (χ2v) is 5.55. The number of carbonyl (C=O) groups is 1. The van der Waals surface area contributed by atoms with Crippen molar-refractivity contribution < 1.29 is 4.79 Å². The van der Waals surface area contributed by atoms with Crippen molar-refractivity contribution in [1.82, 2.24) is 10.6 Å². The van der Waals surface area contributed by atoms with Crippen LogP contribution in [0, 0.1) is 5.92 Å². The molecule has 0 spiro atoms. The minimum Gasteiger partial charge on any atom is -0.354 e. The average molecular weight is 240 g/mol. The Bertz CT molecular complexity index is 220. The molecule has 3 heteroatoms. The van der Waals surface area contributed by atoms with Crippen LogP contribution >= 0.6 is 0 Å². The molecule has 0 saturated heterocycles. The lowest BCUT2D eigenvalue weighted by atomic mass is 9.84. The summed E-state index contributed by atoms with van der Waals surface area (Å²) in [5.41, 5.74) is 0. The molecule has 1 aliphatic carbocycles. The van der Waals surface area contributed by atoms with Crippen LogP contribution in [0.25, 0.3) is 0 Å². The van der Waals surface area contributed by atoms with Crippen molar-refractivity contribution in [3.8, 4) is 0 Å². The number of hydrogen-bond donors (Lipinski definition) is 2. The predicted molar refractivity (Wildman–Crippen MR) is 71.9 cm³/mol. The molecule has 0 aromatic heterocycles. The lowest BCUT2D eigenvalue weighted by Crippen LogP contribution is -2.37. The summed E-state index contributed by atoms with van der Waals surface area (Å²) in [6.07, 6.45) is 7.20. The highest BCUT2D eigenvalue weighted by atomic mass is 16.1. The molecule has 0 unspecified atom stereocenters. The third kappa shape index (κ3) is 6.06. The topological polar surface area (TPSA) is 41.1 Å². The van der Waals surface area contributed by atoms with Gasteiger partial charge in [-0.15, -0.1) is 0 Å². The first-order valence-corrected chi connectivity index (χ1v) is 7.14. The third-order valence-electron chi connectivity index (χ3n) is 3.66. The summed E-state index contributed by atoms with van der Waals surface area (Å²) in [7, 11) is 0. The van der Waals surface area contributed by atoms with Gasteiger partial charge in [0.25, 0.3) is 0 Å². The molecule has 0 radical (unpaired) electrons. The van der Waals surface area contributed by atoms with Crippen LogP contribution in [0.5, 0.6) is 0 Å².